The van der Waals surface area contributed by atoms with Gasteiger partial charge in [-0.15, -0.1) is 5.10 Å². The van der Waals surface area contributed by atoms with Crippen molar-refractivity contribution in [1.82, 2.24) is 25.1 Å². The minimum Gasteiger partial charge on any atom is -0.320 e. The van der Waals surface area contributed by atoms with Gasteiger partial charge in [-0.25, -0.2) is 9.48 Å². The summed E-state index contributed by atoms with van der Waals surface area (Å²) in [6, 6.07) is 16.4. The second-order valence-corrected chi connectivity index (χ2v) is 7.13. The summed E-state index contributed by atoms with van der Waals surface area (Å²) >= 11 is 0. The minimum absolute atomic E-state index is 0.0694. The number of aromatic nitrogens is 4. The highest BCUT2D eigenvalue weighted by Gasteiger charge is 2.28. The standard InChI is InChI=1S/C20H20N6O/c27-20(25-12-11-14-3-1-2-4-16(14)13-25)21-17-7-5-15(6-8-17)19-22-23-24-26(19)18-9-10-18/h1-8,18H,9-13H2,(H,21,27). The molecule has 0 unspecified atom stereocenters. The highest BCUT2D eigenvalue weighted by molar-refractivity contribution is 5.89. The van der Waals surface area contributed by atoms with E-state index in [-0.39, 0.29) is 6.03 Å². The van der Waals surface area contributed by atoms with E-state index >= 15 is 0 Å². The third-order valence-corrected chi connectivity index (χ3v) is 5.20. The van der Waals surface area contributed by atoms with Gasteiger partial charge in [-0.05, 0) is 65.1 Å². The molecule has 27 heavy (non-hydrogen) atoms. The molecule has 5 rings (SSSR count). The summed E-state index contributed by atoms with van der Waals surface area (Å²) < 4.78 is 1.89. The van der Waals surface area contributed by atoms with Crippen molar-refractivity contribution in [3.8, 4) is 11.4 Å². The van der Waals surface area contributed by atoms with Crippen LogP contribution in [0.1, 0.15) is 30.0 Å². The maximum atomic E-state index is 12.6. The number of carbonyl (C=O) groups is 1. The summed E-state index contributed by atoms with van der Waals surface area (Å²) in [6.07, 6.45) is 3.16. The lowest BCUT2D eigenvalue weighted by Gasteiger charge is -2.29. The Kier molecular flexibility index (Phi) is 3.85. The Labute approximate surface area is 157 Å². The number of carbonyl (C=O) groups excluding carboxylic acids is 1. The summed E-state index contributed by atoms with van der Waals surface area (Å²) in [5.74, 6) is 0.781. The Hall–Kier alpha value is -3.22. The number of fused-ring (bicyclic) bond motifs is 1. The van der Waals surface area contributed by atoms with E-state index in [1.165, 1.54) is 11.1 Å². The van der Waals surface area contributed by atoms with Gasteiger partial charge in [-0.2, -0.15) is 0 Å². The monoisotopic (exact) mass is 360 g/mol. The number of anilines is 1. The van der Waals surface area contributed by atoms with E-state index in [9.17, 15) is 4.79 Å². The molecule has 0 saturated heterocycles. The number of nitrogens with one attached hydrogen (secondary N) is 1. The molecule has 1 fully saturated rings. The van der Waals surface area contributed by atoms with E-state index in [0.29, 0.717) is 12.6 Å². The van der Waals surface area contributed by atoms with Crippen LogP contribution < -0.4 is 5.32 Å². The van der Waals surface area contributed by atoms with E-state index in [1.807, 2.05) is 39.9 Å². The predicted molar refractivity (Wildman–Crippen MR) is 101 cm³/mol. The van der Waals surface area contributed by atoms with Crippen LogP contribution in [0.2, 0.25) is 0 Å². The highest BCUT2D eigenvalue weighted by atomic mass is 16.2. The summed E-state index contributed by atoms with van der Waals surface area (Å²) in [4.78, 5) is 14.5. The van der Waals surface area contributed by atoms with E-state index in [0.717, 1.165) is 42.9 Å². The van der Waals surface area contributed by atoms with Gasteiger partial charge in [-0.3, -0.25) is 0 Å². The Morgan fingerprint density at radius 1 is 1.04 bits per heavy atom. The average Bonchev–Trinajstić information content (AvgIpc) is 3.44. The molecular weight excluding hydrogens is 340 g/mol. The molecule has 0 atom stereocenters. The van der Waals surface area contributed by atoms with Crippen molar-refractivity contribution in [2.24, 2.45) is 0 Å². The number of rotatable bonds is 3. The molecule has 1 aliphatic carbocycles. The highest BCUT2D eigenvalue weighted by Crippen LogP contribution is 2.36. The summed E-state index contributed by atoms with van der Waals surface area (Å²) in [6.45, 7) is 1.38. The van der Waals surface area contributed by atoms with Gasteiger partial charge in [0.1, 0.15) is 0 Å². The number of hydrogen-bond acceptors (Lipinski definition) is 4. The lowest BCUT2D eigenvalue weighted by molar-refractivity contribution is 0.206. The van der Waals surface area contributed by atoms with Crippen molar-refractivity contribution >= 4 is 11.7 Å². The zero-order valence-corrected chi connectivity index (χ0v) is 14.9. The Morgan fingerprint density at radius 2 is 1.81 bits per heavy atom. The molecule has 2 aromatic carbocycles. The quantitative estimate of drug-likeness (QED) is 0.778. The van der Waals surface area contributed by atoms with E-state index in [4.69, 9.17) is 0 Å². The first-order valence-corrected chi connectivity index (χ1v) is 9.29. The van der Waals surface area contributed by atoms with E-state index in [2.05, 4.69) is 39.0 Å². The molecule has 1 N–H and O–H groups in total. The van der Waals surface area contributed by atoms with Crippen molar-refractivity contribution < 1.29 is 4.79 Å². The van der Waals surface area contributed by atoms with Crippen molar-refractivity contribution in [3.63, 3.8) is 0 Å². The van der Waals surface area contributed by atoms with Crippen LogP contribution in [0.4, 0.5) is 10.5 Å². The Balaban J connectivity index is 1.27. The number of amides is 2. The van der Waals surface area contributed by atoms with Crippen molar-refractivity contribution in [3.05, 3.63) is 59.7 Å². The van der Waals surface area contributed by atoms with Gasteiger partial charge in [0.15, 0.2) is 5.82 Å². The maximum Gasteiger partial charge on any atom is 0.322 e. The van der Waals surface area contributed by atoms with E-state index in [1.54, 1.807) is 0 Å². The second kappa shape index (κ2) is 6.50. The summed E-state index contributed by atoms with van der Waals surface area (Å²) in [5.41, 5.74) is 4.28. The molecule has 0 radical (unpaired) electrons. The third kappa shape index (κ3) is 3.16. The van der Waals surface area contributed by atoms with Crippen molar-refractivity contribution in [1.29, 1.82) is 0 Å². The van der Waals surface area contributed by atoms with Crippen molar-refractivity contribution in [2.45, 2.75) is 31.8 Å². The fourth-order valence-corrected chi connectivity index (χ4v) is 3.52. The van der Waals surface area contributed by atoms with Gasteiger partial charge in [-0.1, -0.05) is 24.3 Å². The number of benzene rings is 2. The first-order chi connectivity index (χ1) is 13.3. The van der Waals surface area contributed by atoms with Crippen LogP contribution in [0.5, 0.6) is 0 Å². The molecule has 2 amide bonds. The lowest BCUT2D eigenvalue weighted by atomic mass is 10.0. The predicted octanol–water partition coefficient (Wildman–Crippen LogP) is 3.27. The topological polar surface area (TPSA) is 75.9 Å². The summed E-state index contributed by atoms with van der Waals surface area (Å²) in [7, 11) is 0. The molecule has 0 bridgehead atoms. The number of tetrazole rings is 1. The zero-order chi connectivity index (χ0) is 18.2. The first kappa shape index (κ1) is 16.0. The molecule has 7 nitrogen and oxygen atoms in total. The van der Waals surface area contributed by atoms with Crippen LogP contribution in [0.25, 0.3) is 11.4 Å². The number of nitrogens with zero attached hydrogens (tertiary/aromatic N) is 5. The third-order valence-electron chi connectivity index (χ3n) is 5.20. The van der Waals surface area contributed by atoms with Crippen LogP contribution in [-0.2, 0) is 13.0 Å². The average molecular weight is 360 g/mol. The first-order valence-electron chi connectivity index (χ1n) is 9.29. The largest absolute Gasteiger partial charge is 0.322 e. The molecule has 1 aliphatic heterocycles. The second-order valence-electron chi connectivity index (χ2n) is 7.13. The van der Waals surface area contributed by atoms with Crippen LogP contribution in [0, 0.1) is 0 Å². The molecule has 2 aliphatic rings. The Bertz CT molecular complexity index is 976. The van der Waals surface area contributed by atoms with Crippen LogP contribution in [0.3, 0.4) is 0 Å². The molecule has 7 heteroatoms. The molecule has 136 valence electrons. The Morgan fingerprint density at radius 3 is 2.59 bits per heavy atom. The molecule has 0 spiro atoms. The smallest absolute Gasteiger partial charge is 0.320 e. The SMILES string of the molecule is O=C(Nc1ccc(-c2nnnn2C2CC2)cc1)N1CCc2ccccc2C1. The molecule has 2 heterocycles. The van der Waals surface area contributed by atoms with Gasteiger partial charge in [0, 0.05) is 24.3 Å². The normalized spacial score (nSPS) is 16.1. The van der Waals surface area contributed by atoms with Crippen LogP contribution >= 0.6 is 0 Å². The molecule has 3 aromatic rings. The van der Waals surface area contributed by atoms with Gasteiger partial charge in [0.05, 0.1) is 6.04 Å². The fraction of sp³-hybridized carbons (Fsp3) is 0.300. The van der Waals surface area contributed by atoms with E-state index < -0.39 is 0 Å². The summed E-state index contributed by atoms with van der Waals surface area (Å²) in [5, 5.41) is 15.0. The maximum absolute atomic E-state index is 12.6. The zero-order valence-electron chi connectivity index (χ0n) is 14.9. The molecule has 1 saturated carbocycles. The van der Waals surface area contributed by atoms with Gasteiger partial charge in [0.2, 0.25) is 0 Å². The van der Waals surface area contributed by atoms with Gasteiger partial charge >= 0.3 is 6.03 Å². The molecular formula is C20H20N6O. The number of urea groups is 1. The van der Waals surface area contributed by atoms with Gasteiger partial charge in [0.25, 0.3) is 0 Å². The van der Waals surface area contributed by atoms with Crippen LogP contribution in [-0.4, -0.2) is 37.7 Å². The fourth-order valence-electron chi connectivity index (χ4n) is 3.52. The minimum atomic E-state index is -0.0694. The molecule has 1 aromatic heterocycles. The van der Waals surface area contributed by atoms with Crippen LogP contribution in [0.15, 0.2) is 48.5 Å². The lowest BCUT2D eigenvalue weighted by Crippen LogP contribution is -2.38. The van der Waals surface area contributed by atoms with Gasteiger partial charge < -0.3 is 10.2 Å². The van der Waals surface area contributed by atoms with Crippen molar-refractivity contribution in [2.75, 3.05) is 11.9 Å². The number of hydrogen-bond donors (Lipinski definition) is 1.